The van der Waals surface area contributed by atoms with Crippen LogP contribution in [0.4, 0.5) is 11.4 Å². The third kappa shape index (κ3) is 3.11. The first-order valence-corrected chi connectivity index (χ1v) is 10.4. The lowest BCUT2D eigenvalue weighted by Gasteiger charge is -2.38. The van der Waals surface area contributed by atoms with Gasteiger partial charge in [0.1, 0.15) is 0 Å². The van der Waals surface area contributed by atoms with E-state index in [2.05, 4.69) is 12.1 Å². The summed E-state index contributed by atoms with van der Waals surface area (Å²) in [5.74, 6) is 0.484. The molecule has 0 radical (unpaired) electrons. The summed E-state index contributed by atoms with van der Waals surface area (Å²) in [4.78, 5) is 29.3. The maximum absolute atomic E-state index is 12.9. The minimum absolute atomic E-state index is 0.0267. The van der Waals surface area contributed by atoms with Crippen molar-refractivity contribution in [3.63, 3.8) is 0 Å². The van der Waals surface area contributed by atoms with Crippen LogP contribution in [-0.4, -0.2) is 36.7 Å². The van der Waals surface area contributed by atoms with E-state index in [4.69, 9.17) is 23.2 Å². The molecule has 6 heteroatoms. The molecular weight excluding hydrogens is 395 g/mol. The van der Waals surface area contributed by atoms with Gasteiger partial charge in [0.25, 0.3) is 0 Å². The van der Waals surface area contributed by atoms with E-state index in [1.807, 2.05) is 36.4 Å². The van der Waals surface area contributed by atoms with Crippen LogP contribution in [0.2, 0.25) is 0 Å². The van der Waals surface area contributed by atoms with Gasteiger partial charge in [0.05, 0.1) is 11.4 Å². The fourth-order valence-corrected chi connectivity index (χ4v) is 4.33. The average molecular weight is 415 g/mol. The van der Waals surface area contributed by atoms with Crippen LogP contribution < -0.4 is 9.80 Å². The minimum Gasteiger partial charge on any atom is -0.308 e. The Kier molecular flexibility index (Phi) is 5.42. The number of alkyl halides is 2. The van der Waals surface area contributed by atoms with Crippen LogP contribution in [0, 0.1) is 0 Å². The SMILES string of the molecule is O=C(CCCl)N1CCN(C(=O)CCCl)c2c1c1ccccc1c1ccccc21. The second kappa shape index (κ2) is 7.98. The standard InChI is InChI=1S/C22H20Cl2N2O2/c23-11-9-19(27)25-13-14-26(20(28)10-12-24)22-18-8-4-2-6-16(18)15-5-1-3-7-17(15)21(22)25/h1-8H,9-14H2. The van der Waals surface area contributed by atoms with E-state index < -0.39 is 0 Å². The van der Waals surface area contributed by atoms with E-state index >= 15 is 0 Å². The normalized spacial score (nSPS) is 13.8. The van der Waals surface area contributed by atoms with Crippen LogP contribution >= 0.6 is 23.2 Å². The Bertz CT molecular complexity index is 982. The first-order valence-electron chi connectivity index (χ1n) is 9.33. The molecule has 1 heterocycles. The summed E-state index contributed by atoms with van der Waals surface area (Å²) in [6.07, 6.45) is 0.523. The molecule has 0 saturated carbocycles. The molecule has 1 aliphatic heterocycles. The Balaban J connectivity index is 2.07. The summed E-state index contributed by atoms with van der Waals surface area (Å²) in [7, 11) is 0. The van der Waals surface area contributed by atoms with E-state index in [-0.39, 0.29) is 36.4 Å². The molecule has 144 valence electrons. The summed E-state index contributed by atoms with van der Waals surface area (Å²) < 4.78 is 0. The number of carbonyl (C=O) groups excluding carboxylic acids is 2. The van der Waals surface area contributed by atoms with Crippen LogP contribution in [0.25, 0.3) is 21.5 Å². The van der Waals surface area contributed by atoms with Gasteiger partial charge >= 0.3 is 0 Å². The lowest BCUT2D eigenvalue weighted by Crippen LogP contribution is -2.46. The largest absolute Gasteiger partial charge is 0.308 e. The quantitative estimate of drug-likeness (QED) is 0.448. The first kappa shape index (κ1) is 19.0. The summed E-state index contributed by atoms with van der Waals surface area (Å²) in [5.41, 5.74) is 1.58. The number of anilines is 2. The molecule has 0 aliphatic carbocycles. The molecule has 4 nitrogen and oxygen atoms in total. The zero-order valence-corrected chi connectivity index (χ0v) is 16.8. The summed E-state index contributed by atoms with van der Waals surface area (Å²) in [6, 6.07) is 16.0. The number of hydrogen-bond donors (Lipinski definition) is 0. The van der Waals surface area contributed by atoms with Crippen molar-refractivity contribution in [3.05, 3.63) is 48.5 Å². The van der Waals surface area contributed by atoms with Crippen LogP contribution in [0.15, 0.2) is 48.5 Å². The predicted molar refractivity (Wildman–Crippen MR) is 117 cm³/mol. The molecule has 4 rings (SSSR count). The average Bonchev–Trinajstić information content (AvgIpc) is 2.73. The molecule has 0 aromatic heterocycles. The van der Waals surface area contributed by atoms with E-state index in [9.17, 15) is 9.59 Å². The third-order valence-corrected chi connectivity index (χ3v) is 5.56. The Morgan fingerprint density at radius 2 is 1.04 bits per heavy atom. The number of halogens is 2. The van der Waals surface area contributed by atoms with Crippen molar-refractivity contribution >= 4 is 67.9 Å². The van der Waals surface area contributed by atoms with Gasteiger partial charge in [-0.05, 0) is 10.8 Å². The van der Waals surface area contributed by atoms with Gasteiger partial charge in [-0.3, -0.25) is 9.59 Å². The molecule has 0 unspecified atom stereocenters. The number of hydrogen-bond acceptors (Lipinski definition) is 2. The topological polar surface area (TPSA) is 40.6 Å². The Morgan fingerprint density at radius 3 is 1.39 bits per heavy atom. The number of amides is 2. The molecule has 2 amide bonds. The van der Waals surface area contributed by atoms with Crippen molar-refractivity contribution in [1.29, 1.82) is 0 Å². The van der Waals surface area contributed by atoms with Crippen molar-refractivity contribution < 1.29 is 9.59 Å². The zero-order chi connectivity index (χ0) is 19.7. The lowest BCUT2D eigenvalue weighted by molar-refractivity contribution is -0.120. The number of rotatable bonds is 4. The smallest absolute Gasteiger partial charge is 0.228 e. The van der Waals surface area contributed by atoms with Crippen LogP contribution in [0.1, 0.15) is 12.8 Å². The van der Waals surface area contributed by atoms with Crippen LogP contribution in [-0.2, 0) is 9.59 Å². The fourth-order valence-electron chi connectivity index (χ4n) is 4.00. The minimum atomic E-state index is -0.0267. The second-order valence-corrected chi connectivity index (χ2v) is 7.51. The molecule has 0 N–H and O–H groups in total. The number of carbonyl (C=O) groups is 2. The Morgan fingerprint density at radius 1 is 0.679 bits per heavy atom. The zero-order valence-electron chi connectivity index (χ0n) is 15.3. The van der Waals surface area contributed by atoms with Crippen LogP contribution in [0.5, 0.6) is 0 Å². The molecule has 3 aromatic rings. The molecule has 0 saturated heterocycles. The van der Waals surface area contributed by atoms with Gasteiger partial charge in [-0.25, -0.2) is 0 Å². The van der Waals surface area contributed by atoms with Crippen LogP contribution in [0.3, 0.4) is 0 Å². The summed E-state index contributed by atoms with van der Waals surface area (Å²) in [5, 5.41) is 4.05. The highest BCUT2D eigenvalue weighted by atomic mass is 35.5. The Hall–Kier alpha value is -2.30. The van der Waals surface area contributed by atoms with Gasteiger partial charge < -0.3 is 9.80 Å². The fraction of sp³-hybridized carbons (Fsp3) is 0.273. The number of benzene rings is 3. The monoisotopic (exact) mass is 414 g/mol. The molecule has 0 atom stereocenters. The highest BCUT2D eigenvalue weighted by Crippen LogP contribution is 2.46. The third-order valence-electron chi connectivity index (χ3n) is 5.18. The van der Waals surface area contributed by atoms with Crippen molar-refractivity contribution in [2.75, 3.05) is 34.6 Å². The van der Waals surface area contributed by atoms with Gasteiger partial charge in [0.2, 0.25) is 11.8 Å². The van der Waals surface area contributed by atoms with E-state index in [1.54, 1.807) is 9.80 Å². The van der Waals surface area contributed by atoms with E-state index in [1.165, 1.54) is 0 Å². The maximum Gasteiger partial charge on any atom is 0.228 e. The molecule has 3 aromatic carbocycles. The van der Waals surface area contributed by atoms with E-state index in [0.29, 0.717) is 13.1 Å². The van der Waals surface area contributed by atoms with Gasteiger partial charge in [0.15, 0.2) is 0 Å². The molecule has 0 fully saturated rings. The van der Waals surface area contributed by atoms with Crippen molar-refractivity contribution in [3.8, 4) is 0 Å². The van der Waals surface area contributed by atoms with Crippen molar-refractivity contribution in [2.24, 2.45) is 0 Å². The highest BCUT2D eigenvalue weighted by Gasteiger charge is 2.33. The Labute approximate surface area is 173 Å². The maximum atomic E-state index is 12.9. The highest BCUT2D eigenvalue weighted by molar-refractivity contribution is 6.26. The van der Waals surface area contributed by atoms with Crippen molar-refractivity contribution in [2.45, 2.75) is 12.8 Å². The summed E-state index contributed by atoms with van der Waals surface area (Å²) >= 11 is 11.7. The van der Waals surface area contributed by atoms with E-state index in [0.717, 1.165) is 32.9 Å². The van der Waals surface area contributed by atoms with Gasteiger partial charge in [-0.15, -0.1) is 23.2 Å². The summed E-state index contributed by atoms with van der Waals surface area (Å²) in [6.45, 7) is 0.887. The first-order chi connectivity index (χ1) is 13.7. The molecule has 28 heavy (non-hydrogen) atoms. The molecule has 1 aliphatic rings. The predicted octanol–water partition coefficient (Wildman–Crippen LogP) is 4.93. The molecular formula is C22H20Cl2N2O2. The van der Waals surface area contributed by atoms with Gasteiger partial charge in [-0.1, -0.05) is 48.5 Å². The molecule has 0 bridgehead atoms. The van der Waals surface area contributed by atoms with Gasteiger partial charge in [0, 0.05) is 48.5 Å². The number of fused-ring (bicyclic) bond motifs is 6. The van der Waals surface area contributed by atoms with Gasteiger partial charge in [-0.2, -0.15) is 0 Å². The van der Waals surface area contributed by atoms with Crippen molar-refractivity contribution in [1.82, 2.24) is 0 Å². The lowest BCUT2D eigenvalue weighted by atomic mass is 9.95. The number of nitrogens with zero attached hydrogens (tertiary/aromatic N) is 2. The second-order valence-electron chi connectivity index (χ2n) is 6.76. The molecule has 0 spiro atoms.